The number of aromatic nitrogens is 3. The van der Waals surface area contributed by atoms with Crippen LogP contribution in [0.5, 0.6) is 0 Å². The number of anilines is 1. The van der Waals surface area contributed by atoms with Gasteiger partial charge in [-0.2, -0.15) is 5.10 Å². The maximum atomic E-state index is 12.7. The van der Waals surface area contributed by atoms with E-state index in [0.717, 1.165) is 5.69 Å². The zero-order valence-electron chi connectivity index (χ0n) is 19.8. The van der Waals surface area contributed by atoms with Crippen molar-refractivity contribution in [2.24, 2.45) is 0 Å². The molecular weight excluding hydrogens is 438 g/mol. The number of likely N-dealkylation sites (tertiary alicyclic amines) is 1. The molecule has 2 aliphatic heterocycles. The van der Waals surface area contributed by atoms with Crippen molar-refractivity contribution in [3.8, 4) is 0 Å². The molecule has 0 bridgehead atoms. The van der Waals surface area contributed by atoms with Crippen LogP contribution in [-0.2, 0) is 9.47 Å². The van der Waals surface area contributed by atoms with Gasteiger partial charge in [0.05, 0.1) is 28.3 Å². The first-order valence-corrected chi connectivity index (χ1v) is 11.6. The number of nitrogens with zero attached hydrogens (tertiary/aromatic N) is 4. The number of amides is 2. The quantitative estimate of drug-likeness (QED) is 0.616. The Hall–Kier alpha value is -3.56. The summed E-state index contributed by atoms with van der Waals surface area (Å²) in [7, 11) is 0. The summed E-state index contributed by atoms with van der Waals surface area (Å²) in [6.45, 7) is 8.86. The fraction of sp³-hybridized carbons (Fsp3) is 0.500. The Morgan fingerprint density at radius 3 is 2.59 bits per heavy atom. The summed E-state index contributed by atoms with van der Waals surface area (Å²) in [6, 6.07) is 7.02. The van der Waals surface area contributed by atoms with E-state index < -0.39 is 11.7 Å². The van der Waals surface area contributed by atoms with E-state index in [9.17, 15) is 14.4 Å². The lowest BCUT2D eigenvalue weighted by molar-refractivity contribution is 0.0203. The number of hydrogen-bond acceptors (Lipinski definition) is 6. The molecule has 2 aromatic heterocycles. The average Bonchev–Trinajstić information content (AvgIpc) is 3.31. The predicted octanol–water partition coefficient (Wildman–Crippen LogP) is 3.64. The maximum Gasteiger partial charge on any atom is 0.414 e. The molecule has 0 spiro atoms. The maximum absolute atomic E-state index is 12.7. The van der Waals surface area contributed by atoms with Crippen molar-refractivity contribution in [3.63, 3.8) is 0 Å². The molecule has 10 nitrogen and oxygen atoms in total. The molecular formula is C24H29N5O5. The number of fused-ring (bicyclic) bond motifs is 3. The molecule has 1 aromatic carbocycles. The lowest BCUT2D eigenvalue weighted by Gasteiger charge is -2.33. The third-order valence-electron chi connectivity index (χ3n) is 6.35. The molecule has 0 aliphatic carbocycles. The number of carbonyl (C=O) groups excluding carboxylic acids is 2. The molecule has 2 amide bonds. The Kier molecular flexibility index (Phi) is 5.26. The Morgan fingerprint density at radius 2 is 1.94 bits per heavy atom. The Balaban J connectivity index is 1.51. The summed E-state index contributed by atoms with van der Waals surface area (Å²) >= 11 is 0. The molecule has 0 unspecified atom stereocenters. The molecule has 3 aromatic rings. The van der Waals surface area contributed by atoms with Crippen LogP contribution in [-0.4, -0.2) is 63.0 Å². The predicted molar refractivity (Wildman–Crippen MR) is 126 cm³/mol. The fourth-order valence-electron chi connectivity index (χ4n) is 4.80. The highest BCUT2D eigenvalue weighted by Crippen LogP contribution is 2.35. The number of cyclic esters (lactones) is 1. The van der Waals surface area contributed by atoms with Crippen molar-refractivity contribution in [1.29, 1.82) is 0 Å². The molecule has 1 atom stereocenters. The minimum atomic E-state index is -0.543. The van der Waals surface area contributed by atoms with E-state index >= 15 is 0 Å². The molecule has 2 fully saturated rings. The minimum absolute atomic E-state index is 0.0527. The first kappa shape index (κ1) is 22.2. The van der Waals surface area contributed by atoms with Gasteiger partial charge in [0, 0.05) is 25.1 Å². The van der Waals surface area contributed by atoms with Crippen LogP contribution in [0.2, 0.25) is 0 Å². The van der Waals surface area contributed by atoms with E-state index in [1.807, 2.05) is 45.9 Å². The largest absolute Gasteiger partial charge is 0.447 e. The van der Waals surface area contributed by atoms with Gasteiger partial charge in [-0.15, -0.1) is 0 Å². The first-order valence-electron chi connectivity index (χ1n) is 11.6. The number of nitrogens with one attached hydrogen (secondary N) is 1. The highest BCUT2D eigenvalue weighted by molar-refractivity contribution is 6.07. The summed E-state index contributed by atoms with van der Waals surface area (Å²) in [5.74, 6) is 0.0527. The van der Waals surface area contributed by atoms with Crippen molar-refractivity contribution < 1.29 is 19.1 Å². The monoisotopic (exact) mass is 467 g/mol. The second-order valence-electron chi connectivity index (χ2n) is 10.0. The van der Waals surface area contributed by atoms with E-state index in [-0.39, 0.29) is 23.6 Å². The van der Waals surface area contributed by atoms with Crippen LogP contribution in [0.3, 0.4) is 0 Å². The normalized spacial score (nSPS) is 19.8. The summed E-state index contributed by atoms with van der Waals surface area (Å²) < 4.78 is 12.5. The van der Waals surface area contributed by atoms with E-state index in [1.165, 1.54) is 0 Å². The number of ether oxygens (including phenoxy) is 2. The third kappa shape index (κ3) is 3.86. The van der Waals surface area contributed by atoms with Gasteiger partial charge in [0.1, 0.15) is 17.9 Å². The van der Waals surface area contributed by atoms with Crippen molar-refractivity contribution >= 4 is 34.4 Å². The average molecular weight is 468 g/mol. The molecule has 1 N–H and O–H groups in total. The number of H-pyrrole nitrogens is 1. The van der Waals surface area contributed by atoms with Gasteiger partial charge in [-0.25, -0.2) is 14.1 Å². The summed E-state index contributed by atoms with van der Waals surface area (Å²) in [5, 5.41) is 5.49. The van der Waals surface area contributed by atoms with Crippen LogP contribution < -0.4 is 10.5 Å². The zero-order chi connectivity index (χ0) is 24.2. The summed E-state index contributed by atoms with van der Waals surface area (Å²) in [4.78, 5) is 43.8. The standard InChI is InChI=1S/C24H29N5O5/c1-14-13-33-23(32)28(14)17-7-5-6-16-20(17)21-25-19(30)12-18(29(21)26-16)15-8-10-27(11-9-15)22(31)34-24(2,3)4/h5-7,12,14-15H,8-11,13H2,1-4H3,(H,25,30)/t14-/m1/s1. The van der Waals surface area contributed by atoms with Gasteiger partial charge in [-0.05, 0) is 52.7 Å². The van der Waals surface area contributed by atoms with E-state index in [0.29, 0.717) is 54.8 Å². The topological polar surface area (TPSA) is 109 Å². The lowest BCUT2D eigenvalue weighted by atomic mass is 9.93. The van der Waals surface area contributed by atoms with E-state index in [4.69, 9.17) is 14.6 Å². The van der Waals surface area contributed by atoms with Gasteiger partial charge < -0.3 is 19.4 Å². The second-order valence-corrected chi connectivity index (χ2v) is 10.0. The highest BCUT2D eigenvalue weighted by Gasteiger charge is 2.34. The number of hydrogen-bond donors (Lipinski definition) is 1. The lowest BCUT2D eigenvalue weighted by Crippen LogP contribution is -2.41. The Labute approximate surface area is 196 Å². The smallest absolute Gasteiger partial charge is 0.414 e. The highest BCUT2D eigenvalue weighted by atomic mass is 16.6. The minimum Gasteiger partial charge on any atom is -0.447 e. The number of aromatic amines is 1. The van der Waals surface area contributed by atoms with Crippen molar-refractivity contribution in [1.82, 2.24) is 19.5 Å². The molecule has 2 saturated heterocycles. The van der Waals surface area contributed by atoms with Gasteiger partial charge >= 0.3 is 12.2 Å². The van der Waals surface area contributed by atoms with Crippen LogP contribution in [0, 0.1) is 0 Å². The number of benzene rings is 1. The van der Waals surface area contributed by atoms with Gasteiger partial charge in [0.2, 0.25) is 0 Å². The molecule has 180 valence electrons. The van der Waals surface area contributed by atoms with Gasteiger partial charge in [0.15, 0.2) is 0 Å². The third-order valence-corrected chi connectivity index (χ3v) is 6.35. The molecule has 0 radical (unpaired) electrons. The van der Waals surface area contributed by atoms with Crippen molar-refractivity contribution in [2.45, 2.75) is 58.1 Å². The Bertz CT molecular complexity index is 1330. The SMILES string of the molecule is C[C@@H]1COC(=O)N1c1cccc2nn3c(C4CCN(C(=O)OC(C)(C)C)CC4)cc(=O)[nH]c3c12. The Morgan fingerprint density at radius 1 is 1.21 bits per heavy atom. The van der Waals surface area contributed by atoms with Crippen molar-refractivity contribution in [2.75, 3.05) is 24.6 Å². The van der Waals surface area contributed by atoms with Crippen LogP contribution in [0.4, 0.5) is 15.3 Å². The second kappa shape index (κ2) is 8.03. The fourth-order valence-corrected chi connectivity index (χ4v) is 4.80. The first-order chi connectivity index (χ1) is 16.1. The van der Waals surface area contributed by atoms with E-state index in [2.05, 4.69) is 4.98 Å². The van der Waals surface area contributed by atoms with Gasteiger partial charge in [-0.1, -0.05) is 6.07 Å². The molecule has 0 saturated carbocycles. The number of piperidine rings is 1. The van der Waals surface area contributed by atoms with Crippen LogP contribution in [0.1, 0.15) is 52.1 Å². The molecule has 10 heteroatoms. The van der Waals surface area contributed by atoms with Crippen LogP contribution in [0.15, 0.2) is 29.1 Å². The van der Waals surface area contributed by atoms with Crippen LogP contribution in [0.25, 0.3) is 16.6 Å². The molecule has 34 heavy (non-hydrogen) atoms. The van der Waals surface area contributed by atoms with Crippen molar-refractivity contribution in [3.05, 3.63) is 40.3 Å². The van der Waals surface area contributed by atoms with E-state index in [1.54, 1.807) is 20.4 Å². The van der Waals surface area contributed by atoms with Gasteiger partial charge in [0.25, 0.3) is 5.56 Å². The van der Waals surface area contributed by atoms with Crippen LogP contribution >= 0.6 is 0 Å². The summed E-state index contributed by atoms with van der Waals surface area (Å²) in [5.41, 5.74) is 1.91. The number of carbonyl (C=O) groups is 2. The molecule has 4 heterocycles. The molecule has 2 aliphatic rings. The summed E-state index contributed by atoms with van der Waals surface area (Å²) in [6.07, 6.45) is 0.655. The number of rotatable bonds is 2. The molecule has 5 rings (SSSR count). The van der Waals surface area contributed by atoms with Gasteiger partial charge in [-0.3, -0.25) is 9.69 Å². The zero-order valence-corrected chi connectivity index (χ0v) is 19.8.